The van der Waals surface area contributed by atoms with Gasteiger partial charge in [0.05, 0.1) is 11.7 Å². The molecule has 6 heteroatoms. The van der Waals surface area contributed by atoms with Crippen molar-refractivity contribution in [3.8, 4) is 0 Å². The highest BCUT2D eigenvalue weighted by atomic mass is 16.1. The van der Waals surface area contributed by atoms with Crippen LogP contribution in [0.4, 0.5) is 0 Å². The van der Waals surface area contributed by atoms with Gasteiger partial charge in [0.25, 0.3) is 0 Å². The summed E-state index contributed by atoms with van der Waals surface area (Å²) < 4.78 is 1.83. The number of hydrogen-bond donors (Lipinski definition) is 2. The summed E-state index contributed by atoms with van der Waals surface area (Å²) in [7, 11) is 0. The predicted octanol–water partition coefficient (Wildman–Crippen LogP) is 1.51. The van der Waals surface area contributed by atoms with Crippen LogP contribution in [0.5, 0.6) is 0 Å². The van der Waals surface area contributed by atoms with Gasteiger partial charge in [0.1, 0.15) is 0 Å². The second kappa shape index (κ2) is 5.81. The number of primary amides is 1. The number of rotatable bonds is 5. The molecule has 0 fully saturated rings. The third-order valence-electron chi connectivity index (χ3n) is 3.75. The molecule has 114 valence electrons. The summed E-state index contributed by atoms with van der Waals surface area (Å²) in [5.41, 5.74) is 9.25. The predicted molar refractivity (Wildman–Crippen MR) is 81.8 cm³/mol. The molecular weight excluding hydrogens is 266 g/mol. The number of fused-ring (bicyclic) bond motifs is 1. The Morgan fingerprint density at radius 2 is 2.00 bits per heavy atom. The molecule has 2 atom stereocenters. The van der Waals surface area contributed by atoms with E-state index in [0.717, 1.165) is 22.6 Å². The molecule has 0 saturated carbocycles. The molecule has 0 saturated heterocycles. The summed E-state index contributed by atoms with van der Waals surface area (Å²) in [5.74, 6) is -0.202. The lowest BCUT2D eigenvalue weighted by atomic mass is 10.0. The van der Waals surface area contributed by atoms with Gasteiger partial charge in [0, 0.05) is 29.6 Å². The lowest BCUT2D eigenvalue weighted by molar-refractivity contribution is -0.121. The first-order valence-electron chi connectivity index (χ1n) is 7.18. The third kappa shape index (κ3) is 3.05. The summed E-state index contributed by atoms with van der Waals surface area (Å²) in [6.45, 7) is 9.89. The van der Waals surface area contributed by atoms with Crippen molar-refractivity contribution in [1.82, 2.24) is 19.9 Å². The number of aryl methyl sites for hydroxylation is 2. The van der Waals surface area contributed by atoms with Crippen molar-refractivity contribution in [2.75, 3.05) is 0 Å². The van der Waals surface area contributed by atoms with Crippen LogP contribution in [0.3, 0.4) is 0 Å². The number of hydrogen-bond acceptors (Lipinski definition) is 4. The molecule has 0 bridgehead atoms. The molecule has 2 heterocycles. The van der Waals surface area contributed by atoms with E-state index >= 15 is 0 Å². The Morgan fingerprint density at radius 1 is 1.33 bits per heavy atom. The minimum Gasteiger partial charge on any atom is -0.368 e. The largest absolute Gasteiger partial charge is 0.368 e. The Morgan fingerprint density at radius 3 is 2.57 bits per heavy atom. The van der Waals surface area contributed by atoms with Crippen molar-refractivity contribution < 1.29 is 4.79 Å². The Hall–Kier alpha value is -1.95. The van der Waals surface area contributed by atoms with Crippen molar-refractivity contribution in [3.63, 3.8) is 0 Å². The van der Waals surface area contributed by atoms with Crippen molar-refractivity contribution >= 4 is 11.6 Å². The summed E-state index contributed by atoms with van der Waals surface area (Å²) in [5, 5.41) is 7.73. The fourth-order valence-corrected chi connectivity index (χ4v) is 2.56. The van der Waals surface area contributed by atoms with Gasteiger partial charge in [-0.15, -0.1) is 0 Å². The number of nitrogens with one attached hydrogen (secondary N) is 1. The number of nitrogens with two attached hydrogens (primary N) is 1. The van der Waals surface area contributed by atoms with Crippen LogP contribution < -0.4 is 11.1 Å². The van der Waals surface area contributed by atoms with Crippen LogP contribution in [0.25, 0.3) is 5.65 Å². The number of amides is 1. The lowest BCUT2D eigenvalue weighted by Gasteiger charge is -2.24. The number of aromatic nitrogens is 3. The Balaban J connectivity index is 2.32. The maximum Gasteiger partial charge on any atom is 0.234 e. The van der Waals surface area contributed by atoms with E-state index in [-0.39, 0.29) is 23.9 Å². The lowest BCUT2D eigenvalue weighted by Crippen LogP contribution is -2.46. The van der Waals surface area contributed by atoms with Gasteiger partial charge < -0.3 is 5.73 Å². The number of carbonyl (C=O) groups excluding carboxylic acids is 1. The second-order valence-corrected chi connectivity index (χ2v) is 5.87. The van der Waals surface area contributed by atoms with Crippen LogP contribution in [-0.2, 0) is 4.79 Å². The third-order valence-corrected chi connectivity index (χ3v) is 3.75. The topological polar surface area (TPSA) is 85.3 Å². The molecule has 0 aromatic carbocycles. The Labute approximate surface area is 124 Å². The molecule has 0 spiro atoms. The van der Waals surface area contributed by atoms with Crippen LogP contribution in [0.2, 0.25) is 0 Å². The van der Waals surface area contributed by atoms with E-state index in [9.17, 15) is 4.79 Å². The number of nitrogens with zero attached hydrogens (tertiary/aromatic N) is 3. The highest BCUT2D eigenvalue weighted by Crippen LogP contribution is 2.19. The molecule has 2 aromatic rings. The van der Waals surface area contributed by atoms with Crippen LogP contribution in [-0.4, -0.2) is 26.5 Å². The Bertz CT molecular complexity index is 661. The summed E-state index contributed by atoms with van der Waals surface area (Å²) in [4.78, 5) is 16.0. The average Bonchev–Trinajstić information content (AvgIpc) is 2.77. The maximum atomic E-state index is 11.5. The Kier molecular flexibility index (Phi) is 4.27. The molecule has 2 unspecified atom stereocenters. The van der Waals surface area contributed by atoms with E-state index in [2.05, 4.69) is 15.4 Å². The zero-order valence-electron chi connectivity index (χ0n) is 13.2. The average molecular weight is 289 g/mol. The zero-order chi connectivity index (χ0) is 15.7. The molecule has 6 nitrogen and oxygen atoms in total. The zero-order valence-corrected chi connectivity index (χ0v) is 13.2. The van der Waals surface area contributed by atoms with E-state index < -0.39 is 0 Å². The summed E-state index contributed by atoms with van der Waals surface area (Å²) in [6, 6.07) is 1.54. The van der Waals surface area contributed by atoms with Gasteiger partial charge in [-0.05, 0) is 26.7 Å². The molecule has 1 amide bonds. The van der Waals surface area contributed by atoms with E-state index in [1.54, 1.807) is 0 Å². The second-order valence-electron chi connectivity index (χ2n) is 5.87. The van der Waals surface area contributed by atoms with Crippen molar-refractivity contribution in [3.05, 3.63) is 29.2 Å². The van der Waals surface area contributed by atoms with E-state index in [1.165, 1.54) is 0 Å². The smallest absolute Gasteiger partial charge is 0.234 e. The van der Waals surface area contributed by atoms with E-state index in [0.29, 0.717) is 0 Å². The van der Waals surface area contributed by atoms with Crippen molar-refractivity contribution in [1.29, 1.82) is 0 Å². The fraction of sp³-hybridized carbons (Fsp3) is 0.533. The molecule has 3 N–H and O–H groups in total. The standard InChI is InChI=1S/C15H23N5O/c1-8(2)14(15(16)21)18-10(4)12-7-17-13-6-9(3)19-20(13)11(12)5/h6-8,10,14,18H,1-5H3,(H2,16,21). The molecule has 21 heavy (non-hydrogen) atoms. The minimum atomic E-state index is -0.366. The van der Waals surface area contributed by atoms with Gasteiger partial charge >= 0.3 is 0 Å². The van der Waals surface area contributed by atoms with Gasteiger partial charge in [0.2, 0.25) is 5.91 Å². The van der Waals surface area contributed by atoms with Crippen LogP contribution >= 0.6 is 0 Å². The first-order chi connectivity index (χ1) is 9.81. The van der Waals surface area contributed by atoms with Crippen LogP contribution in [0, 0.1) is 19.8 Å². The van der Waals surface area contributed by atoms with Crippen molar-refractivity contribution in [2.45, 2.75) is 46.7 Å². The van der Waals surface area contributed by atoms with Gasteiger partial charge in [-0.1, -0.05) is 13.8 Å². The molecule has 0 aliphatic rings. The van der Waals surface area contributed by atoms with E-state index in [1.807, 2.05) is 51.4 Å². The maximum absolute atomic E-state index is 11.5. The summed E-state index contributed by atoms with van der Waals surface area (Å²) in [6.07, 6.45) is 1.84. The fourth-order valence-electron chi connectivity index (χ4n) is 2.56. The van der Waals surface area contributed by atoms with Gasteiger partial charge in [-0.2, -0.15) is 5.10 Å². The molecule has 0 aliphatic heterocycles. The van der Waals surface area contributed by atoms with Crippen LogP contribution in [0.15, 0.2) is 12.3 Å². The molecular formula is C15H23N5O. The van der Waals surface area contributed by atoms with Crippen LogP contribution in [0.1, 0.15) is 43.8 Å². The highest BCUT2D eigenvalue weighted by molar-refractivity contribution is 5.80. The van der Waals surface area contributed by atoms with Gasteiger partial charge in [-0.25, -0.2) is 9.50 Å². The highest BCUT2D eigenvalue weighted by Gasteiger charge is 2.23. The van der Waals surface area contributed by atoms with Crippen molar-refractivity contribution in [2.24, 2.45) is 11.7 Å². The molecule has 0 aliphatic carbocycles. The number of carbonyl (C=O) groups is 1. The SMILES string of the molecule is Cc1cc2ncc(C(C)NC(C(N)=O)C(C)C)c(C)n2n1. The quantitative estimate of drug-likeness (QED) is 0.873. The molecule has 0 radical (unpaired) electrons. The van der Waals surface area contributed by atoms with E-state index in [4.69, 9.17) is 5.73 Å². The monoisotopic (exact) mass is 289 g/mol. The molecule has 2 rings (SSSR count). The first-order valence-corrected chi connectivity index (χ1v) is 7.18. The molecule has 2 aromatic heterocycles. The minimum absolute atomic E-state index is 0.0358. The van der Waals surface area contributed by atoms with Gasteiger partial charge in [0.15, 0.2) is 5.65 Å². The van der Waals surface area contributed by atoms with Gasteiger partial charge in [-0.3, -0.25) is 10.1 Å². The normalized spacial score (nSPS) is 14.6. The first kappa shape index (κ1) is 15.4. The summed E-state index contributed by atoms with van der Waals surface area (Å²) >= 11 is 0.